The molecule has 1 aromatic rings. The molecule has 0 amide bonds. The monoisotopic (exact) mass is 223 g/mol. The number of hydrogen-bond donors (Lipinski definition) is 1. The Kier molecular flexibility index (Phi) is 3.69. The van der Waals surface area contributed by atoms with Gasteiger partial charge in [-0.15, -0.1) is 0 Å². The largest absolute Gasteiger partial charge is 0.368 e. The predicted molar refractivity (Wildman–Crippen MR) is 71.4 cm³/mol. The minimum absolute atomic E-state index is 0.206. The molecule has 0 aliphatic carbocycles. The van der Waals surface area contributed by atoms with Crippen LogP contribution in [-0.4, -0.2) is 20.1 Å². The summed E-state index contributed by atoms with van der Waals surface area (Å²) in [6.07, 6.45) is 0. The molecule has 0 bridgehead atoms. The lowest BCUT2D eigenvalue weighted by molar-refractivity contribution is 1.19. The molecule has 0 aromatic heterocycles. The van der Waals surface area contributed by atoms with Gasteiger partial charge in [-0.3, -0.25) is 0 Å². The van der Waals surface area contributed by atoms with Gasteiger partial charge in [0.05, 0.1) is 10.4 Å². The maximum atomic E-state index is 3.52. The molecule has 3 heteroatoms. The van der Waals surface area contributed by atoms with Crippen LogP contribution in [0.3, 0.4) is 0 Å². The normalized spacial score (nSPS) is 11.8. The Morgan fingerprint density at radius 3 is 1.50 bits per heavy atom. The van der Waals surface area contributed by atoms with Gasteiger partial charge in [-0.05, 0) is 67.6 Å². The minimum Gasteiger partial charge on any atom is -0.368 e. The first kappa shape index (κ1) is 11.7. The lowest BCUT2D eigenvalue weighted by atomic mass is 9.95. The molecule has 0 aliphatic heterocycles. The fraction of sp³-hybridized carbons (Fsp3) is 0.455. The quantitative estimate of drug-likeness (QED) is 0.685. The molecule has 14 heavy (non-hydrogen) atoms. The molecule has 0 radical (unpaired) electrons. The average Bonchev–Trinajstić information content (AvgIpc) is 2.19. The van der Waals surface area contributed by atoms with E-state index in [1.165, 1.54) is 27.8 Å². The van der Waals surface area contributed by atoms with Gasteiger partial charge in [0.2, 0.25) is 0 Å². The van der Waals surface area contributed by atoms with Gasteiger partial charge < -0.3 is 4.65 Å². The van der Waals surface area contributed by atoms with Crippen molar-refractivity contribution in [2.24, 2.45) is 0 Å². The molecule has 1 rings (SSSR count). The van der Waals surface area contributed by atoms with Crippen LogP contribution in [0.2, 0.25) is 0 Å². The van der Waals surface area contributed by atoms with Crippen LogP contribution in [0.5, 0.6) is 0 Å². The van der Waals surface area contributed by atoms with E-state index in [1.54, 1.807) is 5.19 Å². The second kappa shape index (κ2) is 4.42. The fourth-order valence-corrected chi connectivity index (χ4v) is 4.49. The van der Waals surface area contributed by atoms with E-state index in [-0.39, 0.29) is 9.68 Å². The van der Waals surface area contributed by atoms with Gasteiger partial charge >= 0.3 is 0 Å². The molecule has 1 N–H and O–H groups in total. The second-order valence-corrected chi connectivity index (χ2v) is 8.02. The van der Waals surface area contributed by atoms with Gasteiger partial charge in [0.25, 0.3) is 0 Å². The number of nitrogens with one attached hydrogen (secondary N) is 1. The highest BCUT2D eigenvalue weighted by Gasteiger charge is 2.10. The molecule has 0 spiro atoms. The van der Waals surface area contributed by atoms with Crippen LogP contribution in [0.15, 0.2) is 0 Å². The highest BCUT2D eigenvalue weighted by Crippen LogP contribution is 2.18. The van der Waals surface area contributed by atoms with Crippen LogP contribution < -0.4 is 9.83 Å². The van der Waals surface area contributed by atoms with Crippen molar-refractivity contribution >= 4 is 25.3 Å². The van der Waals surface area contributed by atoms with Crippen LogP contribution in [0.25, 0.3) is 0 Å². The third-order valence-electron chi connectivity index (χ3n) is 3.51. The molecule has 1 nitrogen and oxygen atoms in total. The van der Waals surface area contributed by atoms with Crippen LogP contribution >= 0.6 is 0 Å². The second-order valence-electron chi connectivity index (χ2n) is 4.13. The first-order chi connectivity index (χ1) is 6.50. The third kappa shape index (κ3) is 1.85. The minimum atomic E-state index is -0.206. The summed E-state index contributed by atoms with van der Waals surface area (Å²) in [6.45, 7) is 11.3. The standard InChI is InChI=1S/C11H21NSi2/c1-6-7(2)9(4)11(14-12-13)10(5)8(6)3/h12H,14H2,1-5,13H3. The first-order valence-electron chi connectivity index (χ1n) is 5.21. The summed E-state index contributed by atoms with van der Waals surface area (Å²) in [5, 5.41) is 1.64. The van der Waals surface area contributed by atoms with E-state index in [4.69, 9.17) is 0 Å². The zero-order valence-electron chi connectivity index (χ0n) is 10.2. The Labute approximate surface area is 92.7 Å². The van der Waals surface area contributed by atoms with Crippen LogP contribution in [-0.2, 0) is 0 Å². The molecular formula is C11H21NSi2. The highest BCUT2D eigenvalue weighted by atomic mass is 28.3. The van der Waals surface area contributed by atoms with Gasteiger partial charge in [-0.2, -0.15) is 0 Å². The summed E-state index contributed by atoms with van der Waals surface area (Å²) >= 11 is 0. The van der Waals surface area contributed by atoms with Crippen LogP contribution in [0.4, 0.5) is 0 Å². The number of rotatable bonds is 2. The summed E-state index contributed by atoms with van der Waals surface area (Å²) in [5.41, 5.74) is 7.52. The smallest absolute Gasteiger partial charge is 0.118 e. The molecule has 1 aromatic carbocycles. The van der Waals surface area contributed by atoms with Crippen molar-refractivity contribution in [1.82, 2.24) is 4.65 Å². The fourth-order valence-electron chi connectivity index (χ4n) is 2.02. The van der Waals surface area contributed by atoms with E-state index in [9.17, 15) is 0 Å². The zero-order chi connectivity index (χ0) is 10.9. The van der Waals surface area contributed by atoms with E-state index < -0.39 is 0 Å². The molecule has 0 unspecified atom stereocenters. The van der Waals surface area contributed by atoms with E-state index in [2.05, 4.69) is 39.3 Å². The summed E-state index contributed by atoms with van der Waals surface area (Å²) in [6, 6.07) is 0. The molecule has 0 aliphatic rings. The Bertz CT molecular complexity index is 330. The average molecular weight is 223 g/mol. The maximum Gasteiger partial charge on any atom is 0.118 e. The summed E-state index contributed by atoms with van der Waals surface area (Å²) in [4.78, 5) is 0. The van der Waals surface area contributed by atoms with Gasteiger partial charge in [-0.25, -0.2) is 0 Å². The first-order valence-corrected chi connectivity index (χ1v) is 7.62. The zero-order valence-corrected chi connectivity index (χ0v) is 13.6. The molecule has 0 saturated heterocycles. The summed E-state index contributed by atoms with van der Waals surface area (Å²) in [5.74, 6) is 0. The summed E-state index contributed by atoms with van der Waals surface area (Å²) in [7, 11) is 0.919. The molecule has 0 fully saturated rings. The van der Waals surface area contributed by atoms with E-state index in [0.29, 0.717) is 0 Å². The summed E-state index contributed by atoms with van der Waals surface area (Å²) < 4.78 is 3.52. The molecular weight excluding hydrogens is 202 g/mol. The topological polar surface area (TPSA) is 12.0 Å². The van der Waals surface area contributed by atoms with Crippen molar-refractivity contribution in [3.8, 4) is 0 Å². The maximum absolute atomic E-state index is 3.52. The lowest BCUT2D eigenvalue weighted by Gasteiger charge is -2.18. The Balaban J connectivity index is 3.43. The molecule has 0 atom stereocenters. The van der Waals surface area contributed by atoms with Crippen molar-refractivity contribution in [2.45, 2.75) is 34.6 Å². The predicted octanol–water partition coefficient (Wildman–Crippen LogP) is -0.192. The molecule has 0 heterocycles. The Hall–Kier alpha value is -0.386. The van der Waals surface area contributed by atoms with Gasteiger partial charge in [0, 0.05) is 0 Å². The van der Waals surface area contributed by atoms with Crippen LogP contribution in [0.1, 0.15) is 27.8 Å². The number of hydrogen-bond acceptors (Lipinski definition) is 1. The Morgan fingerprint density at radius 2 is 1.14 bits per heavy atom. The third-order valence-corrected chi connectivity index (χ3v) is 6.34. The lowest BCUT2D eigenvalue weighted by Crippen LogP contribution is -2.33. The van der Waals surface area contributed by atoms with Crippen molar-refractivity contribution in [3.63, 3.8) is 0 Å². The number of benzene rings is 1. The van der Waals surface area contributed by atoms with E-state index >= 15 is 0 Å². The van der Waals surface area contributed by atoms with Crippen molar-refractivity contribution in [2.75, 3.05) is 0 Å². The van der Waals surface area contributed by atoms with Crippen LogP contribution in [0, 0.1) is 34.6 Å². The van der Waals surface area contributed by atoms with Gasteiger partial charge in [0.15, 0.2) is 0 Å². The molecule has 78 valence electrons. The van der Waals surface area contributed by atoms with Gasteiger partial charge in [0.1, 0.15) is 9.68 Å². The van der Waals surface area contributed by atoms with Gasteiger partial charge in [-0.1, -0.05) is 0 Å². The van der Waals surface area contributed by atoms with E-state index in [1.807, 2.05) is 0 Å². The van der Waals surface area contributed by atoms with Crippen molar-refractivity contribution in [3.05, 3.63) is 27.8 Å². The highest BCUT2D eigenvalue weighted by molar-refractivity contribution is 6.57. The van der Waals surface area contributed by atoms with Crippen molar-refractivity contribution in [1.29, 1.82) is 0 Å². The SMILES string of the molecule is Cc1c(C)c(C)c([SiH2]N[SiH3])c(C)c1C. The van der Waals surface area contributed by atoms with Crippen molar-refractivity contribution < 1.29 is 0 Å². The molecule has 0 saturated carbocycles. The van der Waals surface area contributed by atoms with E-state index in [0.717, 1.165) is 10.4 Å². The Morgan fingerprint density at radius 1 is 0.786 bits per heavy atom.